The van der Waals surface area contributed by atoms with Crippen LogP contribution in [0.2, 0.25) is 0 Å². The van der Waals surface area contributed by atoms with Gasteiger partial charge in [-0.2, -0.15) is 0 Å². The number of aryl methyl sites for hydroxylation is 2. The monoisotopic (exact) mass is 341 g/mol. The van der Waals surface area contributed by atoms with Gasteiger partial charge in [-0.05, 0) is 54.7 Å². The van der Waals surface area contributed by atoms with Crippen LogP contribution in [0.3, 0.4) is 0 Å². The van der Waals surface area contributed by atoms with E-state index in [0.717, 1.165) is 17.5 Å². The van der Waals surface area contributed by atoms with Crippen LogP contribution in [0, 0.1) is 13.8 Å². The van der Waals surface area contributed by atoms with Crippen LogP contribution in [0.4, 0.5) is 0 Å². The summed E-state index contributed by atoms with van der Waals surface area (Å²) in [5.41, 5.74) is 4.48. The summed E-state index contributed by atoms with van der Waals surface area (Å²) in [7, 11) is 3.22. The zero-order chi connectivity index (χ0) is 18.4. The van der Waals surface area contributed by atoms with Crippen molar-refractivity contribution in [3.05, 3.63) is 58.7 Å². The molecule has 2 aromatic carbocycles. The second-order valence-corrected chi connectivity index (χ2v) is 6.24. The fraction of sp³-hybridized carbons (Fsp3) is 0.381. The summed E-state index contributed by atoms with van der Waals surface area (Å²) in [6, 6.07) is 11.8. The first-order chi connectivity index (χ1) is 12.0. The number of carbonyl (C=O) groups excluding carboxylic acids is 1. The molecule has 0 aliphatic heterocycles. The van der Waals surface area contributed by atoms with Gasteiger partial charge in [0.15, 0.2) is 11.5 Å². The van der Waals surface area contributed by atoms with Crippen LogP contribution in [0.25, 0.3) is 0 Å². The van der Waals surface area contributed by atoms with E-state index in [-0.39, 0.29) is 11.9 Å². The molecule has 0 aliphatic carbocycles. The van der Waals surface area contributed by atoms with Gasteiger partial charge in [0.1, 0.15) is 0 Å². The molecule has 0 bridgehead atoms. The highest BCUT2D eigenvalue weighted by molar-refractivity contribution is 5.79. The number of ether oxygens (including phenoxy) is 2. The summed E-state index contributed by atoms with van der Waals surface area (Å²) in [6.45, 7) is 6.19. The molecule has 4 heteroatoms. The largest absolute Gasteiger partial charge is 0.493 e. The van der Waals surface area contributed by atoms with Gasteiger partial charge in [-0.15, -0.1) is 0 Å². The molecule has 134 valence electrons. The first-order valence-corrected chi connectivity index (χ1v) is 8.55. The van der Waals surface area contributed by atoms with Crippen molar-refractivity contribution in [2.45, 2.75) is 39.7 Å². The topological polar surface area (TPSA) is 47.6 Å². The van der Waals surface area contributed by atoms with Crippen LogP contribution in [0.1, 0.15) is 41.6 Å². The first kappa shape index (κ1) is 18.8. The zero-order valence-corrected chi connectivity index (χ0v) is 15.7. The molecule has 0 saturated carbocycles. The Hall–Kier alpha value is -2.49. The van der Waals surface area contributed by atoms with Gasteiger partial charge in [0.25, 0.3) is 0 Å². The van der Waals surface area contributed by atoms with E-state index in [1.807, 2.05) is 24.3 Å². The van der Waals surface area contributed by atoms with E-state index < -0.39 is 0 Å². The zero-order valence-electron chi connectivity index (χ0n) is 15.7. The van der Waals surface area contributed by atoms with Crippen LogP contribution < -0.4 is 14.8 Å². The van der Waals surface area contributed by atoms with Gasteiger partial charge < -0.3 is 14.8 Å². The predicted octanol–water partition coefficient (Wildman–Crippen LogP) is 4.13. The highest BCUT2D eigenvalue weighted by Gasteiger charge is 2.15. The van der Waals surface area contributed by atoms with E-state index in [1.165, 1.54) is 11.1 Å². The summed E-state index contributed by atoms with van der Waals surface area (Å²) in [5, 5.41) is 3.12. The van der Waals surface area contributed by atoms with E-state index in [2.05, 4.69) is 38.2 Å². The molecule has 1 N–H and O–H groups in total. The Labute approximate surface area is 150 Å². The number of hydrogen-bond acceptors (Lipinski definition) is 3. The van der Waals surface area contributed by atoms with Crippen molar-refractivity contribution < 1.29 is 14.3 Å². The summed E-state index contributed by atoms with van der Waals surface area (Å²) < 4.78 is 10.6. The molecular formula is C21H27NO3. The van der Waals surface area contributed by atoms with E-state index in [0.29, 0.717) is 17.9 Å². The Morgan fingerprint density at radius 3 is 2.32 bits per heavy atom. The molecule has 0 radical (unpaired) electrons. The molecule has 2 rings (SSSR count). The van der Waals surface area contributed by atoms with E-state index in [9.17, 15) is 4.79 Å². The van der Waals surface area contributed by atoms with Crippen molar-refractivity contribution in [1.29, 1.82) is 0 Å². The lowest BCUT2D eigenvalue weighted by Gasteiger charge is -2.19. The minimum absolute atomic E-state index is 0.0184. The number of hydrogen-bond donors (Lipinski definition) is 1. The summed E-state index contributed by atoms with van der Waals surface area (Å²) >= 11 is 0. The Morgan fingerprint density at radius 1 is 1.00 bits per heavy atom. The van der Waals surface area contributed by atoms with Crippen LogP contribution >= 0.6 is 0 Å². The second-order valence-electron chi connectivity index (χ2n) is 6.24. The van der Waals surface area contributed by atoms with Crippen molar-refractivity contribution in [3.8, 4) is 11.5 Å². The van der Waals surface area contributed by atoms with Crippen LogP contribution in [0.5, 0.6) is 11.5 Å². The predicted molar refractivity (Wildman–Crippen MR) is 100 cm³/mol. The Balaban J connectivity index is 2.10. The molecule has 4 nitrogen and oxygen atoms in total. The third kappa shape index (κ3) is 4.75. The lowest BCUT2D eigenvalue weighted by Crippen LogP contribution is -2.29. The van der Waals surface area contributed by atoms with E-state index in [1.54, 1.807) is 14.2 Å². The van der Waals surface area contributed by atoms with Gasteiger partial charge >= 0.3 is 0 Å². The number of nitrogens with one attached hydrogen (secondary N) is 1. The molecule has 2 aromatic rings. The van der Waals surface area contributed by atoms with Crippen LogP contribution in [-0.4, -0.2) is 20.1 Å². The smallest absolute Gasteiger partial charge is 0.224 e. The molecule has 0 fully saturated rings. The minimum atomic E-state index is -0.0566. The molecular weight excluding hydrogens is 314 g/mol. The van der Waals surface area contributed by atoms with Gasteiger partial charge in [0.2, 0.25) is 5.91 Å². The maximum Gasteiger partial charge on any atom is 0.224 e. The number of carbonyl (C=O) groups is 1. The first-order valence-electron chi connectivity index (χ1n) is 8.55. The van der Waals surface area contributed by atoms with Crippen molar-refractivity contribution in [3.63, 3.8) is 0 Å². The average Bonchev–Trinajstić information content (AvgIpc) is 2.62. The third-order valence-corrected chi connectivity index (χ3v) is 4.49. The van der Waals surface area contributed by atoms with Gasteiger partial charge in [-0.25, -0.2) is 0 Å². The summed E-state index contributed by atoms with van der Waals surface area (Å²) in [5.74, 6) is 1.37. The van der Waals surface area contributed by atoms with E-state index in [4.69, 9.17) is 9.47 Å². The standard InChI is InChI=1S/C21H27NO3/c1-6-18(17-9-10-19(24-4)20(13-17)25-5)22-21(23)12-16-8-7-14(2)15(3)11-16/h7-11,13,18H,6,12H2,1-5H3,(H,22,23). The number of benzene rings is 2. The highest BCUT2D eigenvalue weighted by atomic mass is 16.5. The highest BCUT2D eigenvalue weighted by Crippen LogP contribution is 2.30. The van der Waals surface area contributed by atoms with E-state index >= 15 is 0 Å². The summed E-state index contributed by atoms with van der Waals surface area (Å²) in [4.78, 5) is 12.5. The molecule has 0 saturated heterocycles. The van der Waals surface area contributed by atoms with Gasteiger partial charge in [-0.3, -0.25) is 4.79 Å². The van der Waals surface area contributed by atoms with Crippen molar-refractivity contribution in [2.24, 2.45) is 0 Å². The Kier molecular flexibility index (Phi) is 6.45. The molecule has 1 unspecified atom stereocenters. The molecule has 25 heavy (non-hydrogen) atoms. The van der Waals surface area contributed by atoms with Crippen molar-refractivity contribution in [1.82, 2.24) is 5.32 Å². The molecule has 0 heterocycles. The van der Waals surface area contributed by atoms with Gasteiger partial charge in [0.05, 0.1) is 26.7 Å². The Bertz CT molecular complexity index is 740. The fourth-order valence-electron chi connectivity index (χ4n) is 2.83. The quantitative estimate of drug-likeness (QED) is 0.824. The van der Waals surface area contributed by atoms with Gasteiger partial charge in [0, 0.05) is 0 Å². The lowest BCUT2D eigenvalue weighted by molar-refractivity contribution is -0.121. The SMILES string of the molecule is CCC(NC(=O)Cc1ccc(C)c(C)c1)c1ccc(OC)c(OC)c1. The van der Waals surface area contributed by atoms with Gasteiger partial charge in [-0.1, -0.05) is 31.2 Å². The maximum absolute atomic E-state index is 12.5. The maximum atomic E-state index is 12.5. The molecule has 0 aromatic heterocycles. The molecule has 1 amide bonds. The van der Waals surface area contributed by atoms with Crippen LogP contribution in [-0.2, 0) is 11.2 Å². The van der Waals surface area contributed by atoms with Crippen LogP contribution in [0.15, 0.2) is 36.4 Å². The summed E-state index contributed by atoms with van der Waals surface area (Å²) in [6.07, 6.45) is 1.18. The molecule has 0 aliphatic rings. The average molecular weight is 341 g/mol. The lowest BCUT2D eigenvalue weighted by atomic mass is 10.0. The number of methoxy groups -OCH3 is 2. The number of amides is 1. The second kappa shape index (κ2) is 8.56. The Morgan fingerprint density at radius 2 is 1.72 bits per heavy atom. The minimum Gasteiger partial charge on any atom is -0.493 e. The molecule has 0 spiro atoms. The number of rotatable bonds is 7. The third-order valence-electron chi connectivity index (χ3n) is 4.49. The fourth-order valence-corrected chi connectivity index (χ4v) is 2.83. The normalized spacial score (nSPS) is 11.7. The van der Waals surface area contributed by atoms with Crippen molar-refractivity contribution in [2.75, 3.05) is 14.2 Å². The van der Waals surface area contributed by atoms with Crippen molar-refractivity contribution >= 4 is 5.91 Å². The molecule has 1 atom stereocenters.